The van der Waals surface area contributed by atoms with E-state index >= 15 is 0 Å². The van der Waals surface area contributed by atoms with Crippen LogP contribution in [0.15, 0.2) is 53.6 Å². The minimum absolute atomic E-state index is 0.0339. The zero-order valence-electron chi connectivity index (χ0n) is 22.5. The minimum Gasteiger partial charge on any atom is -0.356 e. The summed E-state index contributed by atoms with van der Waals surface area (Å²) in [4.78, 5) is 40.2. The summed E-state index contributed by atoms with van der Waals surface area (Å²) in [5.41, 5.74) is 3.25. The van der Waals surface area contributed by atoms with E-state index in [4.69, 9.17) is 0 Å². The van der Waals surface area contributed by atoms with Crippen molar-refractivity contribution in [3.8, 4) is 0 Å². The van der Waals surface area contributed by atoms with E-state index in [1.807, 2.05) is 25.3 Å². The van der Waals surface area contributed by atoms with Crippen molar-refractivity contribution in [1.29, 1.82) is 0 Å². The van der Waals surface area contributed by atoms with Gasteiger partial charge in [0.15, 0.2) is 0 Å². The van der Waals surface area contributed by atoms with Gasteiger partial charge in [-0.3, -0.25) is 14.4 Å². The van der Waals surface area contributed by atoms with Gasteiger partial charge < -0.3 is 24.7 Å². The van der Waals surface area contributed by atoms with E-state index in [0.717, 1.165) is 55.4 Å². The number of pyridine rings is 1. The molecule has 1 aliphatic carbocycles. The standard InChI is InChI=1S/C30H39N5O3/c1-3-28(36)32-13-6-15-34-19-22(25-7-4-5-8-27(25)34)20-35(23-9-10-23)30(38)26-18-31-14-11-24(26)21-12-16-33(2)29(37)17-21/h4-5,7-8,12,16-17,19,23-24,26,31H,3,6,9-11,13-15,18,20H2,1-2H3,(H,32,36)/t24-,26+/m0/s1. The molecule has 202 valence electrons. The quantitative estimate of drug-likeness (QED) is 0.405. The molecule has 0 radical (unpaired) electrons. The van der Waals surface area contributed by atoms with Crippen molar-refractivity contribution in [3.05, 3.63) is 70.3 Å². The average Bonchev–Trinajstić information content (AvgIpc) is 3.73. The molecule has 1 saturated carbocycles. The first-order valence-electron chi connectivity index (χ1n) is 14.0. The normalized spacial score (nSPS) is 19.4. The number of aryl methyl sites for hydroxylation is 2. The smallest absolute Gasteiger partial charge is 0.250 e. The molecule has 38 heavy (non-hydrogen) atoms. The molecule has 2 N–H and O–H groups in total. The number of benzene rings is 1. The maximum Gasteiger partial charge on any atom is 0.250 e. The van der Waals surface area contributed by atoms with Gasteiger partial charge in [-0.2, -0.15) is 0 Å². The lowest BCUT2D eigenvalue weighted by molar-refractivity contribution is -0.138. The van der Waals surface area contributed by atoms with Gasteiger partial charge in [-0.25, -0.2) is 0 Å². The Bertz CT molecular complexity index is 1360. The fraction of sp³-hybridized carbons (Fsp3) is 0.500. The van der Waals surface area contributed by atoms with Gasteiger partial charge in [0, 0.05) is 75.1 Å². The van der Waals surface area contributed by atoms with Crippen LogP contribution in [0.1, 0.15) is 56.1 Å². The molecular weight excluding hydrogens is 478 g/mol. The molecule has 2 aromatic heterocycles. The van der Waals surface area contributed by atoms with E-state index < -0.39 is 0 Å². The van der Waals surface area contributed by atoms with Gasteiger partial charge in [-0.15, -0.1) is 0 Å². The Morgan fingerprint density at radius 3 is 2.74 bits per heavy atom. The third kappa shape index (κ3) is 5.70. The molecule has 8 heteroatoms. The molecule has 0 unspecified atom stereocenters. The lowest BCUT2D eigenvalue weighted by atomic mass is 9.80. The van der Waals surface area contributed by atoms with Crippen LogP contribution in [0.3, 0.4) is 0 Å². The number of hydrogen-bond acceptors (Lipinski definition) is 4. The van der Waals surface area contributed by atoms with Gasteiger partial charge in [-0.05, 0) is 61.4 Å². The van der Waals surface area contributed by atoms with Gasteiger partial charge in [0.1, 0.15) is 0 Å². The molecule has 5 rings (SSSR count). The highest BCUT2D eigenvalue weighted by molar-refractivity contribution is 5.85. The van der Waals surface area contributed by atoms with E-state index in [2.05, 4.69) is 44.5 Å². The van der Waals surface area contributed by atoms with E-state index in [-0.39, 0.29) is 35.3 Å². The first kappa shape index (κ1) is 26.2. The monoisotopic (exact) mass is 517 g/mol. The highest BCUT2D eigenvalue weighted by Gasteiger charge is 2.40. The second-order valence-corrected chi connectivity index (χ2v) is 10.7. The number of nitrogens with zero attached hydrogens (tertiary/aromatic N) is 3. The molecule has 0 spiro atoms. The molecule has 1 saturated heterocycles. The van der Waals surface area contributed by atoms with Crippen molar-refractivity contribution in [3.63, 3.8) is 0 Å². The number of piperidine rings is 1. The highest BCUT2D eigenvalue weighted by atomic mass is 16.2. The van der Waals surface area contributed by atoms with Gasteiger partial charge in [0.25, 0.3) is 5.56 Å². The maximum absolute atomic E-state index is 14.1. The summed E-state index contributed by atoms with van der Waals surface area (Å²) >= 11 is 0. The van der Waals surface area contributed by atoms with Gasteiger partial charge in [-0.1, -0.05) is 25.1 Å². The van der Waals surface area contributed by atoms with Crippen LogP contribution in [0.4, 0.5) is 0 Å². The summed E-state index contributed by atoms with van der Waals surface area (Å²) in [6.07, 6.45) is 8.27. The number of amides is 2. The molecule has 2 fully saturated rings. The van der Waals surface area contributed by atoms with Crippen LogP contribution in [-0.2, 0) is 29.7 Å². The fourth-order valence-corrected chi connectivity index (χ4v) is 5.72. The Morgan fingerprint density at radius 2 is 1.97 bits per heavy atom. The zero-order valence-corrected chi connectivity index (χ0v) is 22.5. The number of carbonyl (C=O) groups is 2. The van der Waals surface area contributed by atoms with Gasteiger partial charge >= 0.3 is 0 Å². The predicted molar refractivity (Wildman–Crippen MR) is 149 cm³/mol. The van der Waals surface area contributed by atoms with Crippen LogP contribution in [0.25, 0.3) is 10.9 Å². The topological polar surface area (TPSA) is 88.4 Å². The second-order valence-electron chi connectivity index (χ2n) is 10.7. The molecule has 3 aromatic rings. The Labute approximate surface area is 224 Å². The molecule has 8 nitrogen and oxygen atoms in total. The number of carbonyl (C=O) groups excluding carboxylic acids is 2. The second kappa shape index (κ2) is 11.6. The number of rotatable bonds is 10. The Hall–Kier alpha value is -3.39. The maximum atomic E-state index is 14.1. The van der Waals surface area contributed by atoms with Crippen LogP contribution in [0.5, 0.6) is 0 Å². The molecule has 1 aliphatic heterocycles. The number of hydrogen-bond donors (Lipinski definition) is 2. The van der Waals surface area contributed by atoms with E-state index in [0.29, 0.717) is 26.1 Å². The molecule has 2 atom stereocenters. The van der Waals surface area contributed by atoms with Crippen LogP contribution in [0.2, 0.25) is 0 Å². The minimum atomic E-state index is -0.188. The highest BCUT2D eigenvalue weighted by Crippen LogP contribution is 2.36. The van der Waals surface area contributed by atoms with Crippen molar-refractivity contribution >= 4 is 22.7 Å². The summed E-state index contributed by atoms with van der Waals surface area (Å²) in [5.74, 6) is 0.114. The number of para-hydroxylation sites is 1. The van der Waals surface area contributed by atoms with Gasteiger partial charge in [0.05, 0.1) is 5.92 Å². The van der Waals surface area contributed by atoms with Crippen LogP contribution in [-0.4, -0.2) is 51.5 Å². The molecular formula is C30H39N5O3. The number of nitrogens with one attached hydrogen (secondary N) is 2. The molecule has 2 aliphatic rings. The van der Waals surface area contributed by atoms with Crippen molar-refractivity contribution in [2.75, 3.05) is 19.6 Å². The summed E-state index contributed by atoms with van der Waals surface area (Å²) in [5, 5.41) is 7.56. The largest absolute Gasteiger partial charge is 0.356 e. The van der Waals surface area contributed by atoms with Crippen molar-refractivity contribution in [2.24, 2.45) is 13.0 Å². The summed E-state index contributed by atoms with van der Waals surface area (Å²) in [6, 6.07) is 12.3. The Kier molecular flexibility index (Phi) is 7.98. The Balaban J connectivity index is 1.36. The van der Waals surface area contributed by atoms with Gasteiger partial charge in [0.2, 0.25) is 11.8 Å². The lowest BCUT2D eigenvalue weighted by Gasteiger charge is -2.35. The molecule has 0 bridgehead atoms. The molecule has 1 aromatic carbocycles. The number of fused-ring (bicyclic) bond motifs is 1. The molecule has 3 heterocycles. The van der Waals surface area contributed by atoms with Crippen LogP contribution >= 0.6 is 0 Å². The SMILES string of the molecule is CCC(=O)NCCCn1cc(CN(C(=O)[C@@H]2CNCC[C@H]2c2ccn(C)c(=O)c2)C2CC2)c2ccccc21. The van der Waals surface area contributed by atoms with Crippen molar-refractivity contribution < 1.29 is 9.59 Å². The fourth-order valence-electron chi connectivity index (χ4n) is 5.72. The first-order valence-corrected chi connectivity index (χ1v) is 14.0. The average molecular weight is 518 g/mol. The van der Waals surface area contributed by atoms with Crippen molar-refractivity contribution in [2.45, 2.75) is 64.1 Å². The number of aromatic nitrogens is 2. The lowest BCUT2D eigenvalue weighted by Crippen LogP contribution is -2.47. The predicted octanol–water partition coefficient (Wildman–Crippen LogP) is 3.14. The third-order valence-electron chi connectivity index (χ3n) is 8.06. The van der Waals surface area contributed by atoms with E-state index in [9.17, 15) is 14.4 Å². The van der Waals surface area contributed by atoms with E-state index in [1.165, 1.54) is 5.39 Å². The summed E-state index contributed by atoms with van der Waals surface area (Å²) < 4.78 is 3.83. The Morgan fingerprint density at radius 1 is 1.16 bits per heavy atom. The van der Waals surface area contributed by atoms with E-state index in [1.54, 1.807) is 17.7 Å². The third-order valence-corrected chi connectivity index (χ3v) is 8.06. The summed E-state index contributed by atoms with van der Waals surface area (Å²) in [7, 11) is 1.75. The summed E-state index contributed by atoms with van der Waals surface area (Å²) in [6.45, 7) is 5.38. The van der Waals surface area contributed by atoms with Crippen molar-refractivity contribution in [1.82, 2.24) is 24.7 Å². The zero-order chi connectivity index (χ0) is 26.6. The van der Waals surface area contributed by atoms with Crippen LogP contribution in [0, 0.1) is 5.92 Å². The first-order chi connectivity index (χ1) is 18.5. The molecule has 2 amide bonds. The van der Waals surface area contributed by atoms with Crippen LogP contribution < -0.4 is 16.2 Å².